The summed E-state index contributed by atoms with van der Waals surface area (Å²) in [5.41, 5.74) is 7.10. The van der Waals surface area contributed by atoms with Crippen molar-refractivity contribution < 1.29 is 9.47 Å². The molecule has 1 aliphatic heterocycles. The highest BCUT2D eigenvalue weighted by molar-refractivity contribution is 5.56. The minimum absolute atomic E-state index is 0.183. The van der Waals surface area contributed by atoms with Gasteiger partial charge in [-0.3, -0.25) is 0 Å². The number of hydrogen-bond donors (Lipinski definition) is 1. The molecule has 0 unspecified atom stereocenters. The predicted molar refractivity (Wildman–Crippen MR) is 78.2 cm³/mol. The second kappa shape index (κ2) is 5.70. The summed E-state index contributed by atoms with van der Waals surface area (Å²) in [5.74, 6) is 1.68. The molecule has 1 aromatic rings. The van der Waals surface area contributed by atoms with Gasteiger partial charge in [-0.05, 0) is 30.5 Å². The van der Waals surface area contributed by atoms with Gasteiger partial charge in [-0.15, -0.1) is 0 Å². The Morgan fingerprint density at radius 2 is 1.89 bits per heavy atom. The predicted octanol–water partition coefficient (Wildman–Crippen LogP) is 2.27. The lowest BCUT2D eigenvalue weighted by atomic mass is 9.89. The summed E-state index contributed by atoms with van der Waals surface area (Å²) in [7, 11) is 2.10. The lowest BCUT2D eigenvalue weighted by Crippen LogP contribution is -2.29. The fraction of sp³-hybridized carbons (Fsp3) is 0.600. The molecular formula is C15H24N2O2. The zero-order chi connectivity index (χ0) is 13.9. The van der Waals surface area contributed by atoms with Crippen molar-refractivity contribution in [3.05, 3.63) is 18.2 Å². The Labute approximate surface area is 115 Å². The van der Waals surface area contributed by atoms with Gasteiger partial charge in [0.2, 0.25) is 0 Å². The number of nitrogens with two attached hydrogens (primary N) is 1. The summed E-state index contributed by atoms with van der Waals surface area (Å²) in [4.78, 5) is 2.23. The number of anilines is 1. The Kier molecular flexibility index (Phi) is 4.20. The molecule has 19 heavy (non-hydrogen) atoms. The van der Waals surface area contributed by atoms with Gasteiger partial charge in [-0.25, -0.2) is 0 Å². The van der Waals surface area contributed by atoms with Crippen LogP contribution in [0.15, 0.2) is 18.2 Å². The van der Waals surface area contributed by atoms with Crippen molar-refractivity contribution in [1.29, 1.82) is 0 Å². The lowest BCUT2D eigenvalue weighted by Gasteiger charge is -2.28. The Balaban J connectivity index is 2.01. The van der Waals surface area contributed by atoms with Crippen molar-refractivity contribution in [3.63, 3.8) is 0 Å². The smallest absolute Gasteiger partial charge is 0.163 e. The zero-order valence-electron chi connectivity index (χ0n) is 12.1. The first-order valence-electron chi connectivity index (χ1n) is 6.83. The van der Waals surface area contributed by atoms with Crippen molar-refractivity contribution in [3.8, 4) is 11.5 Å². The fourth-order valence-electron chi connectivity index (χ4n) is 1.97. The Morgan fingerprint density at radius 3 is 2.58 bits per heavy atom. The van der Waals surface area contributed by atoms with E-state index in [1.165, 1.54) is 0 Å². The molecule has 0 fully saturated rings. The highest BCUT2D eigenvalue weighted by Gasteiger charge is 2.17. The van der Waals surface area contributed by atoms with Crippen molar-refractivity contribution in [2.75, 3.05) is 38.3 Å². The number of nitrogens with zero attached hydrogens (tertiary/aromatic N) is 1. The average molecular weight is 264 g/mol. The zero-order valence-corrected chi connectivity index (χ0v) is 12.1. The highest BCUT2D eigenvalue weighted by Crippen LogP contribution is 2.34. The van der Waals surface area contributed by atoms with Gasteiger partial charge in [0.05, 0.1) is 0 Å². The van der Waals surface area contributed by atoms with Crippen LogP contribution in [-0.2, 0) is 0 Å². The van der Waals surface area contributed by atoms with E-state index in [9.17, 15) is 0 Å². The Hall–Kier alpha value is -1.42. The van der Waals surface area contributed by atoms with Gasteiger partial charge >= 0.3 is 0 Å². The molecule has 1 aromatic carbocycles. The Morgan fingerprint density at radius 1 is 1.21 bits per heavy atom. The van der Waals surface area contributed by atoms with Gasteiger partial charge in [0, 0.05) is 25.3 Å². The van der Waals surface area contributed by atoms with Crippen LogP contribution in [0, 0.1) is 5.41 Å². The van der Waals surface area contributed by atoms with E-state index in [4.69, 9.17) is 15.2 Å². The van der Waals surface area contributed by atoms with E-state index in [2.05, 4.69) is 31.9 Å². The first-order chi connectivity index (χ1) is 9.02. The van der Waals surface area contributed by atoms with Crippen LogP contribution in [0.5, 0.6) is 11.5 Å². The minimum Gasteiger partial charge on any atom is -0.486 e. The first-order valence-corrected chi connectivity index (χ1v) is 6.83. The summed E-state index contributed by atoms with van der Waals surface area (Å²) in [6.45, 7) is 7.34. The molecule has 1 aliphatic rings. The maximum atomic E-state index is 5.77. The standard InChI is InChI=1S/C15H24N2O2/c1-15(2,11-16)6-7-17(3)12-4-5-13-14(10-12)19-9-8-18-13/h4-5,10H,6-9,11,16H2,1-3H3. The molecule has 0 radical (unpaired) electrons. The fourth-order valence-corrected chi connectivity index (χ4v) is 1.97. The summed E-state index contributed by atoms with van der Waals surface area (Å²) < 4.78 is 11.1. The van der Waals surface area contributed by atoms with Crippen LogP contribution in [0.4, 0.5) is 5.69 Å². The largest absolute Gasteiger partial charge is 0.486 e. The number of ether oxygens (including phenoxy) is 2. The van der Waals surface area contributed by atoms with Gasteiger partial charge in [0.15, 0.2) is 11.5 Å². The first kappa shape index (κ1) is 14.0. The van der Waals surface area contributed by atoms with Crippen molar-refractivity contribution in [2.24, 2.45) is 11.1 Å². The van der Waals surface area contributed by atoms with Crippen molar-refractivity contribution >= 4 is 5.69 Å². The third-order valence-electron chi connectivity index (χ3n) is 3.64. The van der Waals surface area contributed by atoms with Gasteiger partial charge in [0.25, 0.3) is 0 Å². The summed E-state index contributed by atoms with van der Waals surface area (Å²) in [6, 6.07) is 6.10. The van der Waals surface area contributed by atoms with Crippen LogP contribution in [-0.4, -0.2) is 33.4 Å². The molecule has 1 heterocycles. The molecule has 106 valence electrons. The second-order valence-electron chi connectivity index (χ2n) is 5.87. The normalized spacial score (nSPS) is 14.3. The van der Waals surface area contributed by atoms with E-state index < -0.39 is 0 Å². The van der Waals surface area contributed by atoms with Crippen LogP contribution in [0.3, 0.4) is 0 Å². The maximum absolute atomic E-state index is 5.77. The van der Waals surface area contributed by atoms with Gasteiger partial charge < -0.3 is 20.1 Å². The van der Waals surface area contributed by atoms with E-state index in [0.29, 0.717) is 19.8 Å². The van der Waals surface area contributed by atoms with E-state index in [0.717, 1.165) is 30.2 Å². The van der Waals surface area contributed by atoms with Crippen molar-refractivity contribution in [1.82, 2.24) is 0 Å². The average Bonchev–Trinajstić information content (AvgIpc) is 2.44. The van der Waals surface area contributed by atoms with Crippen LogP contribution in [0.2, 0.25) is 0 Å². The molecule has 0 aromatic heterocycles. The SMILES string of the molecule is CN(CCC(C)(C)CN)c1ccc2c(c1)OCCO2. The lowest BCUT2D eigenvalue weighted by molar-refractivity contribution is 0.171. The van der Waals surface area contributed by atoms with Crippen LogP contribution in [0.25, 0.3) is 0 Å². The molecule has 2 N–H and O–H groups in total. The van der Waals surface area contributed by atoms with E-state index in [1.807, 2.05) is 12.1 Å². The number of hydrogen-bond acceptors (Lipinski definition) is 4. The van der Waals surface area contributed by atoms with E-state index >= 15 is 0 Å². The monoisotopic (exact) mass is 264 g/mol. The van der Waals surface area contributed by atoms with Crippen LogP contribution < -0.4 is 20.1 Å². The molecule has 2 rings (SSSR count). The topological polar surface area (TPSA) is 47.7 Å². The summed E-state index contributed by atoms with van der Waals surface area (Å²) in [6.07, 6.45) is 1.06. The molecule has 0 saturated heterocycles. The molecule has 0 saturated carbocycles. The molecule has 0 aliphatic carbocycles. The van der Waals surface area contributed by atoms with Crippen LogP contribution in [0.1, 0.15) is 20.3 Å². The van der Waals surface area contributed by atoms with Crippen LogP contribution >= 0.6 is 0 Å². The van der Waals surface area contributed by atoms with Crippen molar-refractivity contribution in [2.45, 2.75) is 20.3 Å². The quantitative estimate of drug-likeness (QED) is 0.886. The van der Waals surface area contributed by atoms with E-state index in [1.54, 1.807) is 0 Å². The summed E-state index contributed by atoms with van der Waals surface area (Å²) in [5, 5.41) is 0. The number of rotatable bonds is 5. The van der Waals surface area contributed by atoms with E-state index in [-0.39, 0.29) is 5.41 Å². The second-order valence-corrected chi connectivity index (χ2v) is 5.87. The molecule has 0 bridgehead atoms. The van der Waals surface area contributed by atoms with Gasteiger partial charge in [-0.1, -0.05) is 13.8 Å². The molecule has 0 atom stereocenters. The summed E-state index contributed by atoms with van der Waals surface area (Å²) >= 11 is 0. The molecule has 4 nitrogen and oxygen atoms in total. The third kappa shape index (κ3) is 3.53. The Bertz CT molecular complexity index is 432. The highest BCUT2D eigenvalue weighted by atomic mass is 16.6. The number of fused-ring (bicyclic) bond motifs is 1. The third-order valence-corrected chi connectivity index (χ3v) is 3.64. The maximum Gasteiger partial charge on any atom is 0.163 e. The molecule has 0 amide bonds. The van der Waals surface area contributed by atoms with Gasteiger partial charge in [0.1, 0.15) is 13.2 Å². The molecule has 0 spiro atoms. The number of benzene rings is 1. The molecule has 4 heteroatoms. The molecular weight excluding hydrogens is 240 g/mol. The minimum atomic E-state index is 0.183. The van der Waals surface area contributed by atoms with Gasteiger partial charge in [-0.2, -0.15) is 0 Å².